The molecule has 1 amide bonds. The van der Waals surface area contributed by atoms with E-state index in [9.17, 15) is 13.2 Å². The van der Waals surface area contributed by atoms with Crippen molar-refractivity contribution in [3.8, 4) is 0 Å². The number of halogens is 1. The van der Waals surface area contributed by atoms with E-state index in [1.807, 2.05) is 4.72 Å². The Bertz CT molecular complexity index is 532. The highest BCUT2D eigenvalue weighted by Gasteiger charge is 2.27. The summed E-state index contributed by atoms with van der Waals surface area (Å²) in [5.74, 6) is -0.572. The van der Waals surface area contributed by atoms with Crippen molar-refractivity contribution < 1.29 is 13.2 Å². The fraction of sp³-hybridized carbons (Fsp3) is 0.364. The maximum Gasteiger partial charge on any atom is 0.265 e. The molecule has 1 N–H and O–H groups in total. The second-order valence-corrected chi connectivity index (χ2v) is 6.67. The maximum absolute atomic E-state index is 11.9. The second-order valence-electron chi connectivity index (χ2n) is 4.62. The quantitative estimate of drug-likeness (QED) is 0.900. The highest BCUT2D eigenvalue weighted by molar-refractivity contribution is 7.90. The van der Waals surface area contributed by atoms with Crippen molar-refractivity contribution in [1.29, 1.82) is 0 Å². The molecule has 0 bridgehead atoms. The number of carbonyl (C=O) groups excluding carboxylic acids is 1. The molecule has 0 aliphatic carbocycles. The second kappa shape index (κ2) is 4.66. The minimum atomic E-state index is -3.90. The predicted molar refractivity (Wildman–Crippen MR) is 66.2 cm³/mol. The average Bonchev–Trinajstić information content (AvgIpc) is 2.15. The van der Waals surface area contributed by atoms with Crippen LogP contribution in [0.1, 0.15) is 20.8 Å². The molecule has 0 aliphatic heterocycles. The first-order valence-electron chi connectivity index (χ1n) is 4.96. The van der Waals surface area contributed by atoms with Gasteiger partial charge in [-0.3, -0.25) is 4.79 Å². The first kappa shape index (κ1) is 14.0. The van der Waals surface area contributed by atoms with Gasteiger partial charge in [-0.05, 0) is 12.1 Å². The van der Waals surface area contributed by atoms with Crippen LogP contribution in [0.3, 0.4) is 0 Å². The lowest BCUT2D eigenvalue weighted by Gasteiger charge is -2.17. The van der Waals surface area contributed by atoms with Gasteiger partial charge in [0.25, 0.3) is 10.0 Å². The van der Waals surface area contributed by atoms with E-state index in [0.29, 0.717) is 0 Å². The van der Waals surface area contributed by atoms with Gasteiger partial charge in [-0.15, -0.1) is 0 Å². The average molecular weight is 276 g/mol. The van der Waals surface area contributed by atoms with Crippen LogP contribution in [0, 0.1) is 5.41 Å². The number of hydrogen-bond donors (Lipinski definition) is 1. The Balaban J connectivity index is 3.07. The standard InChI is InChI=1S/C11H14ClNO3S/c1-11(2,3)10(14)13-17(15,16)9-7-5-4-6-8(9)12/h4-7H,1-3H3,(H,13,14). The van der Waals surface area contributed by atoms with Crippen molar-refractivity contribution in [2.24, 2.45) is 5.41 Å². The summed E-state index contributed by atoms with van der Waals surface area (Å²) in [5.41, 5.74) is -0.783. The van der Waals surface area contributed by atoms with E-state index in [2.05, 4.69) is 0 Å². The van der Waals surface area contributed by atoms with Crippen LogP contribution in [-0.2, 0) is 14.8 Å². The van der Waals surface area contributed by atoms with Crippen molar-refractivity contribution >= 4 is 27.5 Å². The van der Waals surface area contributed by atoms with Crippen LogP contribution in [-0.4, -0.2) is 14.3 Å². The highest BCUT2D eigenvalue weighted by Crippen LogP contribution is 2.21. The Kier molecular flexibility index (Phi) is 3.84. The third-order valence-electron chi connectivity index (χ3n) is 2.03. The van der Waals surface area contributed by atoms with E-state index < -0.39 is 21.3 Å². The van der Waals surface area contributed by atoms with Crippen LogP contribution in [0.5, 0.6) is 0 Å². The fourth-order valence-electron chi connectivity index (χ4n) is 0.993. The summed E-state index contributed by atoms with van der Waals surface area (Å²) < 4.78 is 25.8. The van der Waals surface area contributed by atoms with Crippen molar-refractivity contribution in [1.82, 2.24) is 4.72 Å². The summed E-state index contributed by atoms with van der Waals surface area (Å²) in [7, 11) is -3.90. The number of rotatable bonds is 2. The van der Waals surface area contributed by atoms with Crippen LogP contribution in [0.2, 0.25) is 5.02 Å². The van der Waals surface area contributed by atoms with Gasteiger partial charge in [-0.2, -0.15) is 0 Å². The third kappa shape index (κ3) is 3.44. The molecule has 1 aromatic rings. The van der Waals surface area contributed by atoms with E-state index >= 15 is 0 Å². The van der Waals surface area contributed by atoms with Crippen LogP contribution < -0.4 is 4.72 Å². The van der Waals surface area contributed by atoms with Gasteiger partial charge in [0, 0.05) is 5.41 Å². The van der Waals surface area contributed by atoms with Crippen molar-refractivity contribution in [3.63, 3.8) is 0 Å². The number of nitrogens with one attached hydrogen (secondary N) is 1. The van der Waals surface area contributed by atoms with Gasteiger partial charge >= 0.3 is 0 Å². The molecule has 0 saturated heterocycles. The number of sulfonamides is 1. The minimum Gasteiger partial charge on any atom is -0.273 e. The third-order valence-corrected chi connectivity index (χ3v) is 3.87. The Labute approximate surface area is 106 Å². The van der Waals surface area contributed by atoms with Gasteiger partial charge in [0.1, 0.15) is 4.90 Å². The number of hydrogen-bond acceptors (Lipinski definition) is 3. The molecular weight excluding hydrogens is 262 g/mol. The van der Waals surface area contributed by atoms with Crippen molar-refractivity contribution in [2.75, 3.05) is 0 Å². The molecule has 0 saturated carbocycles. The van der Waals surface area contributed by atoms with Crippen LogP contribution in [0.25, 0.3) is 0 Å². The molecule has 94 valence electrons. The molecule has 1 aromatic carbocycles. The number of amides is 1. The maximum atomic E-state index is 11.9. The summed E-state index contributed by atoms with van der Waals surface area (Å²) >= 11 is 5.78. The molecule has 0 aromatic heterocycles. The van der Waals surface area contributed by atoms with Crippen molar-refractivity contribution in [3.05, 3.63) is 29.3 Å². The monoisotopic (exact) mass is 275 g/mol. The highest BCUT2D eigenvalue weighted by atomic mass is 35.5. The molecule has 0 atom stereocenters. The molecule has 0 spiro atoms. The molecule has 0 unspecified atom stereocenters. The molecule has 0 heterocycles. The SMILES string of the molecule is CC(C)(C)C(=O)NS(=O)(=O)c1ccccc1Cl. The number of benzene rings is 1. The summed E-state index contributed by atoms with van der Waals surface area (Å²) in [6.45, 7) is 4.89. The summed E-state index contributed by atoms with van der Waals surface area (Å²) in [5, 5.41) is 0.0849. The minimum absolute atomic E-state index is 0.0849. The molecule has 0 radical (unpaired) electrons. The van der Waals surface area contributed by atoms with Gasteiger partial charge in [0.05, 0.1) is 5.02 Å². The van der Waals surface area contributed by atoms with Crippen LogP contribution >= 0.6 is 11.6 Å². The first-order chi connectivity index (χ1) is 7.64. The lowest BCUT2D eigenvalue weighted by atomic mass is 9.96. The Morgan fingerprint density at radius 1 is 1.24 bits per heavy atom. The summed E-state index contributed by atoms with van der Waals surface area (Å²) in [4.78, 5) is 11.5. The zero-order valence-electron chi connectivity index (χ0n) is 9.82. The largest absolute Gasteiger partial charge is 0.273 e. The molecule has 17 heavy (non-hydrogen) atoms. The lowest BCUT2D eigenvalue weighted by Crippen LogP contribution is -2.38. The van der Waals surface area contributed by atoms with Crippen molar-refractivity contribution in [2.45, 2.75) is 25.7 Å². The summed E-state index contributed by atoms with van der Waals surface area (Å²) in [6.07, 6.45) is 0. The van der Waals surface area contributed by atoms with Crippen LogP contribution in [0.4, 0.5) is 0 Å². The number of carbonyl (C=O) groups is 1. The normalized spacial score (nSPS) is 12.2. The van der Waals surface area contributed by atoms with E-state index in [-0.39, 0.29) is 9.92 Å². The topological polar surface area (TPSA) is 63.2 Å². The van der Waals surface area contributed by atoms with Crippen LogP contribution in [0.15, 0.2) is 29.2 Å². The smallest absolute Gasteiger partial charge is 0.265 e. The molecule has 1 rings (SSSR count). The lowest BCUT2D eigenvalue weighted by molar-refractivity contribution is -0.126. The molecule has 0 aliphatic rings. The summed E-state index contributed by atoms with van der Waals surface area (Å²) in [6, 6.07) is 5.97. The Morgan fingerprint density at radius 2 is 1.76 bits per heavy atom. The first-order valence-corrected chi connectivity index (χ1v) is 6.82. The predicted octanol–water partition coefficient (Wildman–Crippen LogP) is 2.19. The van der Waals surface area contributed by atoms with E-state index in [0.717, 1.165) is 0 Å². The molecule has 6 heteroatoms. The zero-order chi connectivity index (χ0) is 13.3. The Morgan fingerprint density at radius 3 is 2.24 bits per heavy atom. The van der Waals surface area contributed by atoms with Gasteiger partial charge in [0.2, 0.25) is 5.91 Å². The van der Waals surface area contributed by atoms with Gasteiger partial charge in [-0.1, -0.05) is 44.5 Å². The van der Waals surface area contributed by atoms with E-state index in [1.165, 1.54) is 12.1 Å². The van der Waals surface area contributed by atoms with E-state index in [4.69, 9.17) is 11.6 Å². The molecular formula is C11H14ClNO3S. The van der Waals surface area contributed by atoms with Gasteiger partial charge in [0.15, 0.2) is 0 Å². The van der Waals surface area contributed by atoms with E-state index in [1.54, 1.807) is 32.9 Å². The van der Waals surface area contributed by atoms with Gasteiger partial charge in [-0.25, -0.2) is 13.1 Å². The fourth-order valence-corrected chi connectivity index (χ4v) is 2.68. The Hall–Kier alpha value is -1.07. The zero-order valence-corrected chi connectivity index (χ0v) is 11.4. The molecule has 0 fully saturated rings. The molecule has 4 nitrogen and oxygen atoms in total. The van der Waals surface area contributed by atoms with Gasteiger partial charge < -0.3 is 0 Å².